The van der Waals surface area contributed by atoms with Gasteiger partial charge < -0.3 is 9.15 Å². The molecule has 1 aromatic rings. The molecule has 0 radical (unpaired) electrons. The first-order valence-corrected chi connectivity index (χ1v) is 5.38. The van der Waals surface area contributed by atoms with Crippen molar-refractivity contribution in [1.29, 1.82) is 0 Å². The zero-order valence-corrected chi connectivity index (χ0v) is 10.3. The second-order valence-corrected chi connectivity index (χ2v) is 3.35. The Bertz CT molecular complexity index is 585. The van der Waals surface area contributed by atoms with Gasteiger partial charge in [-0.05, 0) is 19.1 Å². The average molecular weight is 282 g/mol. The van der Waals surface area contributed by atoms with Crippen molar-refractivity contribution in [3.8, 4) is 0 Å². The van der Waals surface area contributed by atoms with Gasteiger partial charge in [-0.15, -0.1) is 0 Å². The minimum Gasteiger partial charge on any atom is -0.462 e. The third-order valence-corrected chi connectivity index (χ3v) is 1.98. The molecule has 0 bridgehead atoms. The maximum absolute atomic E-state index is 11.6. The molecule has 0 N–H and O–H groups in total. The van der Waals surface area contributed by atoms with Crippen molar-refractivity contribution in [2.45, 2.75) is 6.92 Å². The van der Waals surface area contributed by atoms with E-state index in [0.717, 1.165) is 6.08 Å². The van der Waals surface area contributed by atoms with Gasteiger partial charge in [0.1, 0.15) is 11.5 Å². The first-order chi connectivity index (χ1) is 9.43. The van der Waals surface area contributed by atoms with Crippen molar-refractivity contribution in [2.24, 2.45) is 0 Å². The predicted octanol–water partition coefficient (Wildman–Crippen LogP) is 1.71. The second kappa shape index (κ2) is 6.83. The molecule has 9 heteroatoms. The first kappa shape index (κ1) is 15.1. The average Bonchev–Trinajstić information content (AvgIpc) is 2.82. The summed E-state index contributed by atoms with van der Waals surface area (Å²) in [6.45, 7) is 1.59. The van der Waals surface area contributed by atoms with Gasteiger partial charge in [0.25, 0.3) is 6.20 Å². The van der Waals surface area contributed by atoms with Crippen LogP contribution >= 0.6 is 0 Å². The van der Waals surface area contributed by atoms with Gasteiger partial charge in [0.15, 0.2) is 5.57 Å². The molecule has 0 aliphatic heterocycles. The van der Waals surface area contributed by atoms with Crippen LogP contribution in [0.15, 0.2) is 28.9 Å². The van der Waals surface area contributed by atoms with Crippen LogP contribution < -0.4 is 0 Å². The summed E-state index contributed by atoms with van der Waals surface area (Å²) in [5.41, 5.74) is -0.377. The number of furan rings is 1. The molecule has 1 aromatic heterocycles. The molecule has 1 heterocycles. The van der Waals surface area contributed by atoms with Crippen LogP contribution in [0, 0.1) is 20.2 Å². The molecule has 0 fully saturated rings. The molecule has 0 aliphatic rings. The van der Waals surface area contributed by atoms with Gasteiger partial charge >= 0.3 is 5.97 Å². The zero-order chi connectivity index (χ0) is 15.1. The number of hydrogen-bond donors (Lipinski definition) is 0. The molecule has 0 amide bonds. The van der Waals surface area contributed by atoms with E-state index in [1.807, 2.05) is 0 Å². The van der Waals surface area contributed by atoms with Crippen LogP contribution in [0.5, 0.6) is 0 Å². The second-order valence-electron chi connectivity index (χ2n) is 3.35. The molecule has 0 unspecified atom stereocenters. The highest BCUT2D eigenvalue weighted by Crippen LogP contribution is 2.20. The summed E-state index contributed by atoms with van der Waals surface area (Å²) >= 11 is 0. The van der Waals surface area contributed by atoms with Crippen LogP contribution in [-0.4, -0.2) is 22.4 Å². The number of nitro groups is 2. The van der Waals surface area contributed by atoms with E-state index in [1.165, 1.54) is 12.1 Å². The van der Waals surface area contributed by atoms with E-state index in [-0.39, 0.29) is 23.7 Å². The van der Waals surface area contributed by atoms with Gasteiger partial charge in [0, 0.05) is 0 Å². The highest BCUT2D eigenvalue weighted by atomic mass is 16.6. The number of hydrogen-bond acceptors (Lipinski definition) is 7. The fourth-order valence-electron chi connectivity index (χ4n) is 1.25. The Morgan fingerprint density at radius 3 is 2.60 bits per heavy atom. The number of ether oxygens (including phenoxy) is 1. The van der Waals surface area contributed by atoms with Crippen LogP contribution in [0.1, 0.15) is 18.4 Å². The normalized spacial score (nSPS) is 11.6. The molecule has 0 atom stereocenters. The maximum Gasteiger partial charge on any atom is 0.348 e. The van der Waals surface area contributed by atoms with E-state index in [4.69, 9.17) is 4.42 Å². The van der Waals surface area contributed by atoms with E-state index in [1.54, 1.807) is 6.92 Å². The summed E-state index contributed by atoms with van der Waals surface area (Å²) in [6.07, 6.45) is 2.15. The number of carbonyl (C=O) groups excluding carboxylic acids is 1. The third-order valence-electron chi connectivity index (χ3n) is 1.98. The van der Waals surface area contributed by atoms with Crippen LogP contribution in [0.25, 0.3) is 11.6 Å². The molecule has 1 rings (SSSR count). The van der Waals surface area contributed by atoms with Crippen molar-refractivity contribution < 1.29 is 23.8 Å². The summed E-state index contributed by atoms with van der Waals surface area (Å²) in [4.78, 5) is 30.7. The zero-order valence-electron chi connectivity index (χ0n) is 10.3. The van der Waals surface area contributed by atoms with Gasteiger partial charge in [0.2, 0.25) is 6.20 Å². The van der Waals surface area contributed by atoms with Crippen LogP contribution in [0.4, 0.5) is 0 Å². The molecular weight excluding hydrogens is 272 g/mol. The third kappa shape index (κ3) is 4.37. The number of carbonyl (C=O) groups is 1. The molecule has 0 saturated heterocycles. The lowest BCUT2D eigenvalue weighted by Crippen LogP contribution is -2.08. The van der Waals surface area contributed by atoms with E-state index in [0.29, 0.717) is 12.4 Å². The molecule has 0 aromatic carbocycles. The lowest BCUT2D eigenvalue weighted by Gasteiger charge is -2.01. The summed E-state index contributed by atoms with van der Waals surface area (Å²) in [5.74, 6) is -0.943. The van der Waals surface area contributed by atoms with Crippen molar-refractivity contribution in [1.82, 2.24) is 0 Å². The largest absolute Gasteiger partial charge is 0.462 e. The van der Waals surface area contributed by atoms with Crippen LogP contribution in [0.3, 0.4) is 0 Å². The Hall–Kier alpha value is -2.97. The van der Waals surface area contributed by atoms with Crippen molar-refractivity contribution in [3.05, 3.63) is 56.3 Å². The molecule has 0 spiro atoms. The Labute approximate surface area is 112 Å². The number of nitrogens with zero attached hydrogens (tertiary/aromatic N) is 2. The quantitative estimate of drug-likeness (QED) is 0.336. The molecule has 0 aliphatic carbocycles. The van der Waals surface area contributed by atoms with Crippen LogP contribution in [-0.2, 0) is 9.53 Å². The van der Waals surface area contributed by atoms with Crippen LogP contribution in [0.2, 0.25) is 0 Å². The Morgan fingerprint density at radius 2 is 2.05 bits per heavy atom. The fourth-order valence-corrected chi connectivity index (χ4v) is 1.25. The fraction of sp³-hybridized carbons (Fsp3) is 0.182. The monoisotopic (exact) mass is 282 g/mol. The summed E-state index contributed by atoms with van der Waals surface area (Å²) in [6, 6.07) is 2.62. The van der Waals surface area contributed by atoms with Crippen molar-refractivity contribution >= 4 is 17.6 Å². The lowest BCUT2D eigenvalue weighted by molar-refractivity contribution is -0.401. The highest BCUT2D eigenvalue weighted by Gasteiger charge is 2.21. The molecule has 0 saturated carbocycles. The maximum atomic E-state index is 11.6. The minimum atomic E-state index is -0.914. The Morgan fingerprint density at radius 1 is 1.35 bits per heavy atom. The van der Waals surface area contributed by atoms with E-state index >= 15 is 0 Å². The van der Waals surface area contributed by atoms with E-state index < -0.39 is 15.8 Å². The molecule has 9 nitrogen and oxygen atoms in total. The highest BCUT2D eigenvalue weighted by molar-refractivity contribution is 6.15. The molecular formula is C11H10N2O7. The van der Waals surface area contributed by atoms with Gasteiger partial charge in [-0.25, -0.2) is 4.79 Å². The summed E-state index contributed by atoms with van der Waals surface area (Å²) < 4.78 is 9.77. The Kier molecular flexibility index (Phi) is 5.15. The standard InChI is InChI=1S/C11H10N2O7/c1-2-19-11(14)9(7-13(17)18)10-4-3-8(20-10)5-6-12(15)16/h3-7H,2H2,1H3. The first-order valence-electron chi connectivity index (χ1n) is 5.38. The number of esters is 1. The predicted molar refractivity (Wildman–Crippen MR) is 66.3 cm³/mol. The van der Waals surface area contributed by atoms with Crippen molar-refractivity contribution in [2.75, 3.05) is 6.61 Å². The topological polar surface area (TPSA) is 126 Å². The van der Waals surface area contributed by atoms with Gasteiger partial charge in [-0.1, -0.05) is 0 Å². The minimum absolute atomic E-state index is 0.0443. The van der Waals surface area contributed by atoms with Gasteiger partial charge in [-0.2, -0.15) is 0 Å². The molecule has 106 valence electrons. The Balaban J connectivity index is 3.07. The van der Waals surface area contributed by atoms with Gasteiger partial charge in [-0.3, -0.25) is 20.2 Å². The molecule has 20 heavy (non-hydrogen) atoms. The SMILES string of the molecule is CCOC(=O)C(=C[N+](=O)[O-])c1ccc(C=C[N+](=O)[O-])o1. The summed E-state index contributed by atoms with van der Waals surface area (Å²) in [7, 11) is 0. The van der Waals surface area contributed by atoms with Crippen molar-refractivity contribution in [3.63, 3.8) is 0 Å². The van der Waals surface area contributed by atoms with E-state index in [2.05, 4.69) is 4.74 Å². The summed E-state index contributed by atoms with van der Waals surface area (Å²) in [5, 5.41) is 20.6. The van der Waals surface area contributed by atoms with E-state index in [9.17, 15) is 25.0 Å². The smallest absolute Gasteiger partial charge is 0.348 e. The lowest BCUT2D eigenvalue weighted by atomic mass is 10.2. The van der Waals surface area contributed by atoms with Gasteiger partial charge in [0.05, 0.1) is 22.5 Å². The number of rotatable bonds is 6.